The third kappa shape index (κ3) is 3.26. The average Bonchev–Trinajstić information content (AvgIpc) is 2.47. The van der Waals surface area contributed by atoms with Crippen molar-refractivity contribution in [1.29, 1.82) is 0 Å². The molecular formula is C15H16N2O3. The van der Waals surface area contributed by atoms with Crippen molar-refractivity contribution in [3.63, 3.8) is 0 Å². The van der Waals surface area contributed by atoms with Crippen LogP contribution in [0.25, 0.3) is 0 Å². The normalized spacial score (nSPS) is 9.95. The number of pyridine rings is 1. The average molecular weight is 272 g/mol. The predicted molar refractivity (Wildman–Crippen MR) is 76.5 cm³/mol. The van der Waals surface area contributed by atoms with Crippen LogP contribution in [0.3, 0.4) is 0 Å². The fourth-order valence-corrected chi connectivity index (χ4v) is 1.68. The van der Waals surface area contributed by atoms with Crippen LogP contribution in [0, 0.1) is 6.92 Å². The van der Waals surface area contributed by atoms with E-state index < -0.39 is 0 Å². The number of hydrogen-bond acceptors (Lipinski definition) is 4. The molecule has 0 fully saturated rings. The first-order valence-electron chi connectivity index (χ1n) is 6.09. The number of nitrogens with one attached hydrogen (secondary N) is 1. The second-order valence-corrected chi connectivity index (χ2v) is 4.24. The molecule has 0 saturated heterocycles. The summed E-state index contributed by atoms with van der Waals surface area (Å²) in [6.07, 6.45) is 1.54. The van der Waals surface area contributed by atoms with Gasteiger partial charge < -0.3 is 14.8 Å². The van der Waals surface area contributed by atoms with E-state index in [1.165, 1.54) is 0 Å². The van der Waals surface area contributed by atoms with Gasteiger partial charge in [-0.2, -0.15) is 0 Å². The van der Waals surface area contributed by atoms with Gasteiger partial charge in [-0.15, -0.1) is 0 Å². The number of carbonyl (C=O) groups excluding carboxylic acids is 1. The summed E-state index contributed by atoms with van der Waals surface area (Å²) in [5.74, 6) is 0.996. The van der Waals surface area contributed by atoms with E-state index in [1.807, 2.05) is 6.92 Å². The molecule has 1 aromatic carbocycles. The number of ether oxygens (including phenoxy) is 2. The molecule has 1 N–H and O–H groups in total. The molecule has 0 spiro atoms. The monoisotopic (exact) mass is 272 g/mol. The maximum atomic E-state index is 12.1. The molecule has 0 bridgehead atoms. The highest BCUT2D eigenvalue weighted by atomic mass is 16.5. The summed E-state index contributed by atoms with van der Waals surface area (Å²) in [5.41, 5.74) is 1.97. The Morgan fingerprint density at radius 2 is 1.75 bits per heavy atom. The summed E-state index contributed by atoms with van der Waals surface area (Å²) in [5, 5.41) is 2.79. The molecular weight excluding hydrogens is 256 g/mol. The van der Waals surface area contributed by atoms with Gasteiger partial charge in [0.25, 0.3) is 5.91 Å². The van der Waals surface area contributed by atoms with E-state index in [0.717, 1.165) is 5.69 Å². The van der Waals surface area contributed by atoms with Crippen LogP contribution in [0.15, 0.2) is 36.5 Å². The van der Waals surface area contributed by atoms with E-state index >= 15 is 0 Å². The van der Waals surface area contributed by atoms with Gasteiger partial charge >= 0.3 is 0 Å². The van der Waals surface area contributed by atoms with Crippen molar-refractivity contribution in [2.45, 2.75) is 6.92 Å². The van der Waals surface area contributed by atoms with Gasteiger partial charge in [0, 0.05) is 35.8 Å². The van der Waals surface area contributed by atoms with Crippen molar-refractivity contribution in [2.24, 2.45) is 0 Å². The van der Waals surface area contributed by atoms with Crippen LogP contribution >= 0.6 is 0 Å². The molecule has 0 radical (unpaired) electrons. The lowest BCUT2D eigenvalue weighted by Gasteiger charge is -2.09. The maximum absolute atomic E-state index is 12.1. The number of methoxy groups -OCH3 is 2. The minimum absolute atomic E-state index is 0.229. The summed E-state index contributed by atoms with van der Waals surface area (Å²) in [7, 11) is 3.12. The number of aryl methyl sites for hydroxylation is 1. The largest absolute Gasteiger partial charge is 0.497 e. The Balaban J connectivity index is 2.20. The molecule has 2 aromatic rings. The van der Waals surface area contributed by atoms with Crippen LogP contribution in [0.1, 0.15) is 16.1 Å². The molecule has 5 nitrogen and oxygen atoms in total. The third-order valence-electron chi connectivity index (χ3n) is 2.78. The minimum Gasteiger partial charge on any atom is -0.497 e. The summed E-state index contributed by atoms with van der Waals surface area (Å²) < 4.78 is 10.3. The SMILES string of the molecule is COc1cc(NC(=O)c2ccc(C)nc2)cc(OC)c1. The van der Waals surface area contributed by atoms with Gasteiger partial charge in [-0.1, -0.05) is 0 Å². The second-order valence-electron chi connectivity index (χ2n) is 4.24. The highest BCUT2D eigenvalue weighted by molar-refractivity contribution is 6.04. The quantitative estimate of drug-likeness (QED) is 0.929. The van der Waals surface area contributed by atoms with Gasteiger partial charge in [-0.05, 0) is 19.1 Å². The zero-order chi connectivity index (χ0) is 14.5. The number of benzene rings is 1. The van der Waals surface area contributed by atoms with Crippen LogP contribution in [0.5, 0.6) is 11.5 Å². The number of nitrogens with zero attached hydrogens (tertiary/aromatic N) is 1. The Hall–Kier alpha value is -2.56. The van der Waals surface area contributed by atoms with Crippen LogP contribution in [-0.2, 0) is 0 Å². The van der Waals surface area contributed by atoms with Gasteiger partial charge in [0.15, 0.2) is 0 Å². The van der Waals surface area contributed by atoms with Gasteiger partial charge in [0.1, 0.15) is 11.5 Å². The lowest BCUT2D eigenvalue weighted by molar-refractivity contribution is 0.102. The molecule has 1 heterocycles. The zero-order valence-electron chi connectivity index (χ0n) is 11.6. The van der Waals surface area contributed by atoms with Gasteiger partial charge in [0.05, 0.1) is 19.8 Å². The Bertz CT molecular complexity index is 587. The van der Waals surface area contributed by atoms with Crippen LogP contribution in [0.2, 0.25) is 0 Å². The molecule has 1 amide bonds. The lowest BCUT2D eigenvalue weighted by atomic mass is 10.2. The van der Waals surface area contributed by atoms with Crippen LogP contribution < -0.4 is 14.8 Å². The van der Waals surface area contributed by atoms with E-state index in [-0.39, 0.29) is 5.91 Å². The molecule has 2 rings (SSSR count). The maximum Gasteiger partial charge on any atom is 0.257 e. The van der Waals surface area contributed by atoms with E-state index in [9.17, 15) is 4.79 Å². The number of aromatic nitrogens is 1. The Labute approximate surface area is 117 Å². The Morgan fingerprint density at radius 3 is 2.25 bits per heavy atom. The van der Waals surface area contributed by atoms with Gasteiger partial charge in [-0.3, -0.25) is 9.78 Å². The van der Waals surface area contributed by atoms with Crippen molar-refractivity contribution in [3.8, 4) is 11.5 Å². The summed E-state index contributed by atoms with van der Waals surface area (Å²) in [4.78, 5) is 16.2. The van der Waals surface area contributed by atoms with Crippen molar-refractivity contribution in [3.05, 3.63) is 47.8 Å². The van der Waals surface area contributed by atoms with E-state index in [2.05, 4.69) is 10.3 Å². The number of hydrogen-bond donors (Lipinski definition) is 1. The molecule has 0 atom stereocenters. The summed E-state index contributed by atoms with van der Waals surface area (Å²) in [6.45, 7) is 1.87. The molecule has 1 aromatic heterocycles. The lowest BCUT2D eigenvalue weighted by Crippen LogP contribution is -2.12. The molecule has 0 saturated carbocycles. The first kappa shape index (κ1) is 13.9. The highest BCUT2D eigenvalue weighted by Gasteiger charge is 2.08. The summed E-state index contributed by atoms with van der Waals surface area (Å²) >= 11 is 0. The van der Waals surface area contributed by atoms with Crippen molar-refractivity contribution in [1.82, 2.24) is 4.98 Å². The van der Waals surface area contributed by atoms with E-state index in [4.69, 9.17) is 9.47 Å². The smallest absolute Gasteiger partial charge is 0.257 e. The Kier molecular flexibility index (Phi) is 4.20. The zero-order valence-corrected chi connectivity index (χ0v) is 11.6. The van der Waals surface area contributed by atoms with Crippen molar-refractivity contribution < 1.29 is 14.3 Å². The molecule has 20 heavy (non-hydrogen) atoms. The standard InChI is InChI=1S/C15H16N2O3/c1-10-4-5-11(9-16-10)15(18)17-12-6-13(19-2)8-14(7-12)20-3/h4-9H,1-3H3,(H,17,18). The van der Waals surface area contributed by atoms with E-state index in [0.29, 0.717) is 22.7 Å². The van der Waals surface area contributed by atoms with Gasteiger partial charge in [-0.25, -0.2) is 0 Å². The van der Waals surface area contributed by atoms with Crippen molar-refractivity contribution in [2.75, 3.05) is 19.5 Å². The topological polar surface area (TPSA) is 60.5 Å². The summed E-state index contributed by atoms with van der Waals surface area (Å²) in [6, 6.07) is 8.71. The number of amides is 1. The number of anilines is 1. The van der Waals surface area contributed by atoms with Crippen molar-refractivity contribution >= 4 is 11.6 Å². The van der Waals surface area contributed by atoms with Crippen LogP contribution in [0.4, 0.5) is 5.69 Å². The predicted octanol–water partition coefficient (Wildman–Crippen LogP) is 2.66. The first-order chi connectivity index (χ1) is 9.62. The molecule has 0 aliphatic heterocycles. The molecule has 0 aliphatic rings. The molecule has 5 heteroatoms. The Morgan fingerprint density at radius 1 is 1.10 bits per heavy atom. The fraction of sp³-hybridized carbons (Fsp3) is 0.200. The molecule has 0 aliphatic carbocycles. The number of carbonyl (C=O) groups is 1. The second kappa shape index (κ2) is 6.06. The van der Waals surface area contributed by atoms with Crippen LogP contribution in [-0.4, -0.2) is 25.1 Å². The fourth-order valence-electron chi connectivity index (χ4n) is 1.68. The molecule has 104 valence electrons. The minimum atomic E-state index is -0.229. The first-order valence-corrected chi connectivity index (χ1v) is 6.09. The molecule has 0 unspecified atom stereocenters. The third-order valence-corrected chi connectivity index (χ3v) is 2.78. The van der Waals surface area contributed by atoms with Gasteiger partial charge in [0.2, 0.25) is 0 Å². The van der Waals surface area contributed by atoms with E-state index in [1.54, 1.807) is 50.7 Å². The number of rotatable bonds is 4. The highest BCUT2D eigenvalue weighted by Crippen LogP contribution is 2.26.